The third-order valence-electron chi connectivity index (χ3n) is 6.84. The summed E-state index contributed by atoms with van der Waals surface area (Å²) in [5.41, 5.74) is 4.06. The van der Waals surface area contributed by atoms with Gasteiger partial charge in [0.25, 0.3) is 0 Å². The van der Waals surface area contributed by atoms with Crippen molar-refractivity contribution in [1.29, 1.82) is 0 Å². The highest BCUT2D eigenvalue weighted by molar-refractivity contribution is 8.00. The lowest BCUT2D eigenvalue weighted by atomic mass is 9.70. The molecule has 0 spiro atoms. The molecule has 9 heteroatoms. The van der Waals surface area contributed by atoms with E-state index in [4.69, 9.17) is 19.8 Å². The highest BCUT2D eigenvalue weighted by atomic mass is 32.2. The first-order valence-corrected chi connectivity index (χ1v) is 14.0. The van der Waals surface area contributed by atoms with Gasteiger partial charge in [0.15, 0.2) is 21.6 Å². The lowest BCUT2D eigenvalue weighted by molar-refractivity contribution is -0.118. The molecule has 184 valence electrons. The molecular formula is C28H23N5O2S2. The molecule has 1 aliphatic heterocycles. The highest BCUT2D eigenvalue weighted by Crippen LogP contribution is 2.50. The van der Waals surface area contributed by atoms with E-state index in [1.807, 2.05) is 36.4 Å². The van der Waals surface area contributed by atoms with E-state index in [-0.39, 0.29) is 17.1 Å². The van der Waals surface area contributed by atoms with Crippen LogP contribution in [0.3, 0.4) is 0 Å². The smallest absolute Gasteiger partial charge is 0.228 e. The van der Waals surface area contributed by atoms with Crippen LogP contribution in [0, 0.1) is 5.41 Å². The van der Waals surface area contributed by atoms with Crippen molar-refractivity contribution in [3.63, 3.8) is 0 Å². The Bertz CT molecular complexity index is 1690. The van der Waals surface area contributed by atoms with Crippen LogP contribution in [0.1, 0.15) is 49.6 Å². The molecule has 0 saturated carbocycles. The molecule has 0 bridgehead atoms. The quantitative estimate of drug-likeness (QED) is 0.259. The van der Waals surface area contributed by atoms with Crippen molar-refractivity contribution in [1.82, 2.24) is 24.6 Å². The monoisotopic (exact) mass is 525 g/mol. The number of allylic oxidation sites excluding steroid dienone is 2. The number of thioether (sulfide) groups is 1. The van der Waals surface area contributed by atoms with Gasteiger partial charge in [0.1, 0.15) is 12.1 Å². The van der Waals surface area contributed by atoms with Gasteiger partial charge in [-0.25, -0.2) is 19.5 Å². The molecule has 7 rings (SSSR count). The predicted molar refractivity (Wildman–Crippen MR) is 144 cm³/mol. The van der Waals surface area contributed by atoms with Crippen LogP contribution in [-0.2, 0) is 10.5 Å². The Morgan fingerprint density at radius 2 is 1.89 bits per heavy atom. The third-order valence-corrected chi connectivity index (χ3v) is 9.01. The molecule has 0 unspecified atom stereocenters. The fourth-order valence-corrected chi connectivity index (χ4v) is 7.19. The fourth-order valence-electron chi connectivity index (χ4n) is 5.27. The van der Waals surface area contributed by atoms with Crippen molar-refractivity contribution < 1.29 is 9.53 Å². The summed E-state index contributed by atoms with van der Waals surface area (Å²) in [5.74, 6) is 2.32. The second kappa shape index (κ2) is 8.49. The molecule has 0 radical (unpaired) electrons. The normalized spacial score (nSPS) is 18.6. The molecule has 1 atom stereocenters. The van der Waals surface area contributed by atoms with E-state index in [0.29, 0.717) is 35.9 Å². The van der Waals surface area contributed by atoms with Crippen molar-refractivity contribution >= 4 is 44.7 Å². The standard InChI is InChI=1S/C28H23N5O2S2/c1-28(2)12-18(34)23-19(13-28)35-26-24(22(23)16-8-4-3-5-9-16)25-31-21(32-33(25)15-29-26)14-36-27-30-17-10-6-7-11-20(17)37-27/h3-11,15,22H,12-14H2,1-2H3/t22-/m1/s1. The number of ketones is 1. The van der Waals surface area contributed by atoms with Crippen LogP contribution in [-0.4, -0.2) is 30.3 Å². The molecule has 5 aromatic rings. The number of fused-ring (bicyclic) bond motifs is 4. The zero-order valence-electron chi connectivity index (χ0n) is 20.3. The topological polar surface area (TPSA) is 82.3 Å². The molecule has 7 nitrogen and oxygen atoms in total. The van der Waals surface area contributed by atoms with E-state index in [9.17, 15) is 4.79 Å². The Kier molecular flexibility index (Phi) is 5.19. The van der Waals surface area contributed by atoms with Crippen LogP contribution in [0.5, 0.6) is 5.88 Å². The number of benzene rings is 2. The summed E-state index contributed by atoms with van der Waals surface area (Å²) in [6, 6.07) is 18.2. The number of thiazole rings is 1. The van der Waals surface area contributed by atoms with Gasteiger partial charge in [-0.05, 0) is 23.1 Å². The molecule has 1 aliphatic carbocycles. The molecule has 0 saturated heterocycles. The largest absolute Gasteiger partial charge is 0.442 e. The predicted octanol–water partition coefficient (Wildman–Crippen LogP) is 6.19. The van der Waals surface area contributed by atoms with Crippen molar-refractivity contribution in [2.75, 3.05) is 0 Å². The first-order valence-electron chi connectivity index (χ1n) is 12.2. The summed E-state index contributed by atoms with van der Waals surface area (Å²) >= 11 is 3.29. The second-order valence-corrected chi connectivity index (χ2v) is 12.5. The summed E-state index contributed by atoms with van der Waals surface area (Å²) in [6.07, 6.45) is 2.83. The average Bonchev–Trinajstić information content (AvgIpc) is 3.49. The number of hydrogen-bond donors (Lipinski definition) is 0. The number of aromatic nitrogens is 5. The number of ether oxygens (including phenoxy) is 1. The lowest BCUT2D eigenvalue weighted by Crippen LogP contribution is -2.33. The maximum atomic E-state index is 13.5. The Labute approximate surface area is 221 Å². The van der Waals surface area contributed by atoms with Crippen LogP contribution in [0.4, 0.5) is 0 Å². The Morgan fingerprint density at radius 3 is 2.73 bits per heavy atom. The van der Waals surface area contributed by atoms with Gasteiger partial charge in [-0.3, -0.25) is 4.79 Å². The van der Waals surface area contributed by atoms with Gasteiger partial charge in [-0.15, -0.1) is 16.4 Å². The van der Waals surface area contributed by atoms with Gasteiger partial charge in [-0.2, -0.15) is 0 Å². The van der Waals surface area contributed by atoms with Crippen LogP contribution < -0.4 is 4.74 Å². The summed E-state index contributed by atoms with van der Waals surface area (Å²) < 4.78 is 10.2. The maximum Gasteiger partial charge on any atom is 0.228 e. The number of para-hydroxylation sites is 1. The molecule has 0 N–H and O–H groups in total. The molecule has 37 heavy (non-hydrogen) atoms. The number of nitrogens with zero attached hydrogens (tertiary/aromatic N) is 5. The van der Waals surface area contributed by atoms with E-state index in [2.05, 4.69) is 37.0 Å². The van der Waals surface area contributed by atoms with E-state index in [1.165, 1.54) is 4.70 Å². The molecule has 2 aromatic carbocycles. The Hall–Kier alpha value is -3.56. The van der Waals surface area contributed by atoms with E-state index in [0.717, 1.165) is 32.3 Å². The van der Waals surface area contributed by atoms with E-state index < -0.39 is 0 Å². The highest BCUT2D eigenvalue weighted by Gasteiger charge is 2.43. The number of carbonyl (C=O) groups is 1. The van der Waals surface area contributed by atoms with Crippen LogP contribution in [0.25, 0.3) is 15.9 Å². The van der Waals surface area contributed by atoms with Crippen LogP contribution in [0.15, 0.2) is 76.6 Å². The van der Waals surface area contributed by atoms with Gasteiger partial charge < -0.3 is 4.74 Å². The Morgan fingerprint density at radius 1 is 1.08 bits per heavy atom. The van der Waals surface area contributed by atoms with Gasteiger partial charge in [-0.1, -0.05) is 68.1 Å². The molecule has 0 fully saturated rings. The Balaban J connectivity index is 1.30. The number of Topliss-reactive ketones (excluding diaryl/α,β-unsaturated/α-hetero) is 1. The molecule has 0 amide bonds. The minimum Gasteiger partial charge on any atom is -0.442 e. The summed E-state index contributed by atoms with van der Waals surface area (Å²) in [7, 11) is 0. The number of rotatable bonds is 4. The zero-order chi connectivity index (χ0) is 25.1. The van der Waals surface area contributed by atoms with Crippen molar-refractivity contribution in [3.8, 4) is 5.88 Å². The first kappa shape index (κ1) is 22.6. The SMILES string of the molecule is CC1(C)CC(=O)C2=C(C1)Oc1ncn3nc(CSc4nc5ccccc5s4)nc3c1[C@@H]2c1ccccc1. The fraction of sp³-hybridized carbons (Fsp3) is 0.250. The minimum atomic E-state index is -0.297. The third kappa shape index (κ3) is 3.93. The summed E-state index contributed by atoms with van der Waals surface area (Å²) in [5, 5.41) is 4.71. The zero-order valence-corrected chi connectivity index (χ0v) is 22.0. The average molecular weight is 526 g/mol. The molecule has 2 aliphatic rings. The maximum absolute atomic E-state index is 13.5. The number of carbonyl (C=O) groups excluding carboxylic acids is 1. The van der Waals surface area contributed by atoms with Gasteiger partial charge in [0, 0.05) is 24.3 Å². The van der Waals surface area contributed by atoms with Crippen LogP contribution >= 0.6 is 23.1 Å². The molecular weight excluding hydrogens is 502 g/mol. The van der Waals surface area contributed by atoms with Gasteiger partial charge in [0.05, 0.1) is 21.5 Å². The van der Waals surface area contributed by atoms with E-state index in [1.54, 1.807) is 33.9 Å². The van der Waals surface area contributed by atoms with Crippen molar-refractivity contribution in [2.24, 2.45) is 5.41 Å². The van der Waals surface area contributed by atoms with Crippen molar-refractivity contribution in [3.05, 3.63) is 89.2 Å². The second-order valence-electron chi connectivity index (χ2n) is 10.2. The van der Waals surface area contributed by atoms with Gasteiger partial charge in [0.2, 0.25) is 5.88 Å². The molecule has 4 heterocycles. The first-order chi connectivity index (χ1) is 17.9. The van der Waals surface area contributed by atoms with Crippen molar-refractivity contribution in [2.45, 2.75) is 42.7 Å². The van der Waals surface area contributed by atoms with Gasteiger partial charge >= 0.3 is 0 Å². The number of hydrogen-bond acceptors (Lipinski definition) is 8. The molecule has 3 aromatic heterocycles. The van der Waals surface area contributed by atoms with Crippen LogP contribution in [0.2, 0.25) is 0 Å². The van der Waals surface area contributed by atoms with E-state index >= 15 is 0 Å². The summed E-state index contributed by atoms with van der Waals surface area (Å²) in [4.78, 5) is 27.8. The lowest BCUT2D eigenvalue weighted by Gasteiger charge is -2.37. The summed E-state index contributed by atoms with van der Waals surface area (Å²) in [6.45, 7) is 4.21. The minimum absolute atomic E-state index is 0.124.